The zero-order valence-electron chi connectivity index (χ0n) is 9.17. The van der Waals surface area contributed by atoms with Gasteiger partial charge < -0.3 is 0 Å². The molecule has 1 saturated heterocycles. The Morgan fingerprint density at radius 2 is 1.94 bits per heavy atom. The smallest absolute Gasteiger partial charge is 0.288 e. The Morgan fingerprint density at radius 1 is 1.28 bits per heavy atom. The fourth-order valence-electron chi connectivity index (χ4n) is 1.91. The Kier molecular flexibility index (Phi) is 3.25. The average Bonchev–Trinajstić information content (AvgIpc) is 2.66. The molecule has 1 aliphatic heterocycles. The second-order valence-corrected chi connectivity index (χ2v) is 3.94. The van der Waals surface area contributed by atoms with Gasteiger partial charge in [0.15, 0.2) is 6.04 Å². The van der Waals surface area contributed by atoms with E-state index in [9.17, 15) is 22.4 Å². The molecule has 1 N–H and O–H groups in total. The Labute approximate surface area is 100 Å². The van der Waals surface area contributed by atoms with Crippen LogP contribution in [0.25, 0.3) is 0 Å². The lowest BCUT2D eigenvalue weighted by atomic mass is 10.1. The van der Waals surface area contributed by atoms with E-state index in [2.05, 4.69) is 5.43 Å². The van der Waals surface area contributed by atoms with Crippen LogP contribution in [-0.4, -0.2) is 23.6 Å². The summed E-state index contributed by atoms with van der Waals surface area (Å²) in [4.78, 5) is 11.0. The quantitative estimate of drug-likeness (QED) is 0.828. The summed E-state index contributed by atoms with van der Waals surface area (Å²) in [6.45, 7) is -0.0999. The van der Waals surface area contributed by atoms with Gasteiger partial charge in [-0.1, -0.05) is 18.2 Å². The molecule has 7 heteroatoms. The van der Waals surface area contributed by atoms with Gasteiger partial charge in [0.2, 0.25) is 5.91 Å². The van der Waals surface area contributed by atoms with Crippen molar-refractivity contribution >= 4 is 5.91 Å². The normalized spacial score (nSPS) is 18.8. The standard InChI is InChI=1S/C11H10F4N2O/c12-8-4-2-1-3-7(8)10(11(13,14)15)17-6-5-9(18)16-17/h1-4,10H,5-6H2,(H,16,18). The molecular weight excluding hydrogens is 252 g/mol. The van der Waals surface area contributed by atoms with Crippen LogP contribution in [-0.2, 0) is 4.79 Å². The number of nitrogens with zero attached hydrogens (tertiary/aromatic N) is 1. The molecule has 1 unspecified atom stereocenters. The molecule has 1 heterocycles. The molecule has 1 aromatic rings. The summed E-state index contributed by atoms with van der Waals surface area (Å²) in [5.74, 6) is -1.44. The van der Waals surface area contributed by atoms with Gasteiger partial charge in [0.1, 0.15) is 5.82 Å². The third-order valence-electron chi connectivity index (χ3n) is 2.67. The molecule has 0 radical (unpaired) electrons. The maximum atomic E-state index is 13.5. The monoisotopic (exact) mass is 262 g/mol. The summed E-state index contributed by atoms with van der Waals surface area (Å²) < 4.78 is 52.5. The first kappa shape index (κ1) is 12.8. The molecule has 0 aliphatic carbocycles. The van der Waals surface area contributed by atoms with Crippen LogP contribution < -0.4 is 5.43 Å². The number of benzene rings is 1. The number of hydrogen-bond donors (Lipinski definition) is 1. The van der Waals surface area contributed by atoms with E-state index in [1.54, 1.807) is 0 Å². The van der Waals surface area contributed by atoms with E-state index < -0.39 is 29.5 Å². The molecule has 0 aromatic heterocycles. The van der Waals surface area contributed by atoms with Gasteiger partial charge >= 0.3 is 6.18 Å². The van der Waals surface area contributed by atoms with E-state index in [1.165, 1.54) is 12.1 Å². The van der Waals surface area contributed by atoms with Crippen LogP contribution in [0, 0.1) is 5.82 Å². The maximum absolute atomic E-state index is 13.5. The van der Waals surface area contributed by atoms with Crippen LogP contribution >= 0.6 is 0 Å². The van der Waals surface area contributed by atoms with Crippen molar-refractivity contribution in [3.05, 3.63) is 35.6 Å². The largest absolute Gasteiger partial charge is 0.409 e. The lowest BCUT2D eigenvalue weighted by molar-refractivity contribution is -0.191. The Balaban J connectivity index is 2.38. The van der Waals surface area contributed by atoms with Crippen LogP contribution in [0.4, 0.5) is 17.6 Å². The van der Waals surface area contributed by atoms with Gasteiger partial charge in [0.25, 0.3) is 0 Å². The number of alkyl halides is 3. The lowest BCUT2D eigenvalue weighted by Gasteiger charge is -2.29. The number of nitrogens with one attached hydrogen (secondary N) is 1. The lowest BCUT2D eigenvalue weighted by Crippen LogP contribution is -2.44. The highest BCUT2D eigenvalue weighted by atomic mass is 19.4. The molecule has 0 saturated carbocycles. The predicted octanol–water partition coefficient (Wildman–Crippen LogP) is 2.17. The first-order valence-electron chi connectivity index (χ1n) is 5.27. The number of carbonyl (C=O) groups is 1. The molecular formula is C11H10F4N2O. The zero-order chi connectivity index (χ0) is 13.3. The van der Waals surface area contributed by atoms with Crippen molar-refractivity contribution in [3.63, 3.8) is 0 Å². The van der Waals surface area contributed by atoms with E-state index in [4.69, 9.17) is 0 Å². The van der Waals surface area contributed by atoms with Gasteiger partial charge in [-0.3, -0.25) is 10.2 Å². The summed E-state index contributed by atoms with van der Waals surface area (Å²) in [5.41, 5.74) is 1.60. The van der Waals surface area contributed by atoms with E-state index in [0.717, 1.165) is 17.1 Å². The number of amides is 1. The molecule has 1 aliphatic rings. The first-order chi connectivity index (χ1) is 8.39. The Morgan fingerprint density at radius 3 is 2.44 bits per heavy atom. The molecule has 18 heavy (non-hydrogen) atoms. The number of hydrazine groups is 1. The summed E-state index contributed by atoms with van der Waals surface area (Å²) in [7, 11) is 0. The minimum Gasteiger partial charge on any atom is -0.288 e. The van der Waals surface area contributed by atoms with E-state index in [1.807, 2.05) is 0 Å². The van der Waals surface area contributed by atoms with Crippen LogP contribution in [0.15, 0.2) is 24.3 Å². The number of hydrogen-bond acceptors (Lipinski definition) is 2. The Bertz CT molecular complexity index is 461. The van der Waals surface area contributed by atoms with Gasteiger partial charge in [-0.2, -0.15) is 13.2 Å². The van der Waals surface area contributed by atoms with Crippen molar-refractivity contribution < 1.29 is 22.4 Å². The average molecular weight is 262 g/mol. The fourth-order valence-corrected chi connectivity index (χ4v) is 1.91. The molecule has 1 atom stereocenters. The minimum absolute atomic E-state index is 0.0268. The van der Waals surface area contributed by atoms with Gasteiger partial charge in [-0.25, -0.2) is 9.40 Å². The minimum atomic E-state index is -4.67. The number of halogens is 4. The summed E-state index contributed by atoms with van der Waals surface area (Å²) >= 11 is 0. The molecule has 0 spiro atoms. The van der Waals surface area contributed by atoms with Crippen LogP contribution in [0.5, 0.6) is 0 Å². The molecule has 1 aromatic carbocycles. The van der Waals surface area contributed by atoms with E-state index in [-0.39, 0.29) is 13.0 Å². The molecule has 3 nitrogen and oxygen atoms in total. The zero-order valence-corrected chi connectivity index (χ0v) is 9.17. The molecule has 2 rings (SSSR count). The van der Waals surface area contributed by atoms with E-state index in [0.29, 0.717) is 0 Å². The highest BCUT2D eigenvalue weighted by molar-refractivity contribution is 5.77. The van der Waals surface area contributed by atoms with Crippen LogP contribution in [0.2, 0.25) is 0 Å². The predicted molar refractivity (Wildman–Crippen MR) is 54.7 cm³/mol. The topological polar surface area (TPSA) is 32.3 Å². The second-order valence-electron chi connectivity index (χ2n) is 3.94. The van der Waals surface area contributed by atoms with Crippen LogP contribution in [0.1, 0.15) is 18.0 Å². The Hall–Kier alpha value is -1.63. The van der Waals surface area contributed by atoms with Crippen molar-refractivity contribution in [2.45, 2.75) is 18.6 Å². The van der Waals surface area contributed by atoms with Crippen molar-refractivity contribution in [1.82, 2.24) is 10.4 Å². The molecule has 98 valence electrons. The molecule has 1 amide bonds. The second kappa shape index (κ2) is 4.56. The fraction of sp³-hybridized carbons (Fsp3) is 0.364. The van der Waals surface area contributed by atoms with Crippen molar-refractivity contribution in [2.24, 2.45) is 0 Å². The maximum Gasteiger partial charge on any atom is 0.409 e. The van der Waals surface area contributed by atoms with E-state index >= 15 is 0 Å². The van der Waals surface area contributed by atoms with Gasteiger partial charge in [-0.15, -0.1) is 0 Å². The highest BCUT2D eigenvalue weighted by Crippen LogP contribution is 2.38. The highest BCUT2D eigenvalue weighted by Gasteiger charge is 2.47. The summed E-state index contributed by atoms with van der Waals surface area (Å²) in [6.07, 6.45) is -4.69. The van der Waals surface area contributed by atoms with Gasteiger partial charge in [-0.05, 0) is 6.07 Å². The number of carbonyl (C=O) groups excluding carboxylic acids is 1. The molecule has 1 fully saturated rings. The summed E-state index contributed by atoms with van der Waals surface area (Å²) in [6, 6.07) is 2.51. The SMILES string of the molecule is O=C1CCN(C(c2ccccc2F)C(F)(F)F)N1. The third-order valence-corrected chi connectivity index (χ3v) is 2.67. The third kappa shape index (κ3) is 2.45. The number of rotatable bonds is 2. The molecule has 0 bridgehead atoms. The van der Waals surface area contributed by atoms with Crippen molar-refractivity contribution in [2.75, 3.05) is 6.54 Å². The first-order valence-corrected chi connectivity index (χ1v) is 5.27. The summed E-state index contributed by atoms with van der Waals surface area (Å²) in [5, 5.41) is 0.723. The van der Waals surface area contributed by atoms with Gasteiger partial charge in [0.05, 0.1) is 0 Å². The van der Waals surface area contributed by atoms with Crippen molar-refractivity contribution in [1.29, 1.82) is 0 Å². The van der Waals surface area contributed by atoms with Crippen molar-refractivity contribution in [3.8, 4) is 0 Å². The van der Waals surface area contributed by atoms with Crippen LogP contribution in [0.3, 0.4) is 0 Å². The van der Waals surface area contributed by atoms with Gasteiger partial charge in [0, 0.05) is 18.5 Å².